The predicted octanol–water partition coefficient (Wildman–Crippen LogP) is 0.831. The summed E-state index contributed by atoms with van der Waals surface area (Å²) in [6.45, 7) is 4.26. The van der Waals surface area contributed by atoms with Crippen molar-refractivity contribution in [1.29, 1.82) is 0 Å². The number of amides is 1. The van der Waals surface area contributed by atoms with Crippen molar-refractivity contribution in [2.75, 3.05) is 13.7 Å². The van der Waals surface area contributed by atoms with Gasteiger partial charge in [0, 0.05) is 0 Å². The van der Waals surface area contributed by atoms with Crippen LogP contribution in [0.25, 0.3) is 0 Å². The minimum Gasteiger partial charge on any atom is -0.497 e. The third-order valence-corrected chi connectivity index (χ3v) is 5.01. The second kappa shape index (κ2) is 6.68. The van der Waals surface area contributed by atoms with Crippen molar-refractivity contribution in [3.05, 3.63) is 29.8 Å². The van der Waals surface area contributed by atoms with Gasteiger partial charge in [0.15, 0.2) is 10.9 Å². The fourth-order valence-electron chi connectivity index (χ4n) is 3.63. The predicted molar refractivity (Wildman–Crippen MR) is 98.0 cm³/mol. The van der Waals surface area contributed by atoms with Crippen molar-refractivity contribution in [3.63, 3.8) is 0 Å². The molecule has 4 rings (SSSR count). The molecular formula is C18H22N2O6S. The van der Waals surface area contributed by atoms with Crippen LogP contribution in [0.3, 0.4) is 0 Å². The first-order valence-electron chi connectivity index (χ1n) is 8.71. The van der Waals surface area contributed by atoms with E-state index in [1.807, 2.05) is 24.3 Å². The van der Waals surface area contributed by atoms with E-state index >= 15 is 0 Å². The highest BCUT2D eigenvalue weighted by molar-refractivity contribution is 7.80. The van der Waals surface area contributed by atoms with Gasteiger partial charge >= 0.3 is 0 Å². The maximum atomic E-state index is 12.5. The average Bonchev–Trinajstić information content (AvgIpc) is 3.19. The molecule has 1 amide bonds. The number of carbonyl (C=O) groups is 1. The van der Waals surface area contributed by atoms with Crippen LogP contribution < -0.4 is 15.4 Å². The summed E-state index contributed by atoms with van der Waals surface area (Å²) in [5.41, 5.74) is -0.384. The van der Waals surface area contributed by atoms with Gasteiger partial charge in [-0.2, -0.15) is 0 Å². The van der Waals surface area contributed by atoms with E-state index in [2.05, 4.69) is 10.6 Å². The van der Waals surface area contributed by atoms with Crippen molar-refractivity contribution in [1.82, 2.24) is 10.6 Å². The number of methoxy groups -OCH3 is 1. The Labute approximate surface area is 162 Å². The van der Waals surface area contributed by atoms with Gasteiger partial charge in [0.2, 0.25) is 0 Å². The van der Waals surface area contributed by atoms with Gasteiger partial charge in [0.05, 0.1) is 20.3 Å². The normalized spacial score (nSPS) is 33.8. The number of carbonyl (C=O) groups excluding carboxylic acids is 1. The van der Waals surface area contributed by atoms with Crippen molar-refractivity contribution >= 4 is 23.2 Å². The monoisotopic (exact) mass is 394 g/mol. The summed E-state index contributed by atoms with van der Waals surface area (Å²) in [5.74, 6) is -0.413. The molecule has 27 heavy (non-hydrogen) atoms. The molecule has 3 aliphatic rings. The Bertz CT molecular complexity index is 755. The summed E-state index contributed by atoms with van der Waals surface area (Å²) in [6.07, 6.45) is -1.55. The van der Waals surface area contributed by atoms with Crippen LogP contribution in [0.15, 0.2) is 24.3 Å². The maximum absolute atomic E-state index is 12.5. The van der Waals surface area contributed by atoms with Crippen molar-refractivity contribution in [2.24, 2.45) is 0 Å². The number of hydrogen-bond donors (Lipinski definition) is 2. The minimum absolute atomic E-state index is 0.215. The van der Waals surface area contributed by atoms with Crippen molar-refractivity contribution in [2.45, 2.75) is 50.3 Å². The molecule has 3 fully saturated rings. The Balaban J connectivity index is 1.44. The van der Waals surface area contributed by atoms with Gasteiger partial charge < -0.3 is 29.0 Å². The number of nitrogens with one attached hydrogen (secondary N) is 2. The number of fused-ring (bicyclic) bond motifs is 2. The number of hydrogen-bond acceptors (Lipinski definition) is 7. The zero-order valence-electron chi connectivity index (χ0n) is 15.3. The lowest BCUT2D eigenvalue weighted by Gasteiger charge is -2.28. The molecule has 9 heteroatoms. The molecule has 8 nitrogen and oxygen atoms in total. The van der Waals surface area contributed by atoms with Gasteiger partial charge in [-0.05, 0) is 43.8 Å². The van der Waals surface area contributed by atoms with Crippen LogP contribution >= 0.6 is 12.2 Å². The molecule has 3 aliphatic heterocycles. The molecule has 0 aromatic heterocycles. The Morgan fingerprint density at radius 3 is 2.56 bits per heavy atom. The van der Waals surface area contributed by atoms with Crippen LogP contribution in [0.1, 0.15) is 19.4 Å². The van der Waals surface area contributed by atoms with E-state index < -0.39 is 29.8 Å². The second-order valence-electron chi connectivity index (χ2n) is 7.18. The Kier molecular flexibility index (Phi) is 4.59. The minimum atomic E-state index is -1.39. The standard InChI is InChI=1S/C18H22N2O6S/c1-17(2)25-13-12(9-23-8-10-4-6-11(22-3)7-5-10)24-18(14(13)26-17)15(21)19-16(27)20-18/h4-7,12-14H,8-9H2,1-3H3,(H2,19,20,21,27)/t12-,13-,14-,18-/m1/s1. The Hall–Kier alpha value is -1.78. The van der Waals surface area contributed by atoms with E-state index in [0.717, 1.165) is 11.3 Å². The lowest BCUT2D eigenvalue weighted by molar-refractivity contribution is -0.214. The molecule has 0 unspecified atom stereocenters. The van der Waals surface area contributed by atoms with E-state index in [1.54, 1.807) is 21.0 Å². The van der Waals surface area contributed by atoms with Crippen molar-refractivity contribution in [3.8, 4) is 5.75 Å². The van der Waals surface area contributed by atoms with Crippen LogP contribution in [0.4, 0.5) is 0 Å². The smallest absolute Gasteiger partial charge is 0.282 e. The summed E-state index contributed by atoms with van der Waals surface area (Å²) in [6, 6.07) is 7.61. The van der Waals surface area contributed by atoms with Crippen LogP contribution in [0, 0.1) is 0 Å². The molecule has 0 aliphatic carbocycles. The van der Waals surface area contributed by atoms with Crippen LogP contribution in [0.5, 0.6) is 5.75 Å². The summed E-state index contributed by atoms with van der Waals surface area (Å²) < 4.78 is 28.9. The molecule has 146 valence electrons. The van der Waals surface area contributed by atoms with Gasteiger partial charge in [-0.25, -0.2) is 0 Å². The number of benzene rings is 1. The highest BCUT2D eigenvalue weighted by atomic mass is 32.1. The Morgan fingerprint density at radius 1 is 1.19 bits per heavy atom. The number of ether oxygens (including phenoxy) is 5. The molecule has 4 atom stereocenters. The molecule has 3 saturated heterocycles. The third kappa shape index (κ3) is 3.30. The fraction of sp³-hybridized carbons (Fsp3) is 0.556. The van der Waals surface area contributed by atoms with Gasteiger partial charge in [-0.15, -0.1) is 0 Å². The molecule has 3 heterocycles. The average molecular weight is 394 g/mol. The first-order chi connectivity index (χ1) is 12.8. The van der Waals surface area contributed by atoms with E-state index in [4.69, 9.17) is 35.9 Å². The quantitative estimate of drug-likeness (QED) is 0.711. The van der Waals surface area contributed by atoms with E-state index in [0.29, 0.717) is 6.61 Å². The molecule has 1 aromatic carbocycles. The highest BCUT2D eigenvalue weighted by Gasteiger charge is 2.68. The van der Waals surface area contributed by atoms with Crippen molar-refractivity contribution < 1.29 is 28.5 Å². The first-order valence-corrected chi connectivity index (χ1v) is 9.11. The second-order valence-corrected chi connectivity index (χ2v) is 7.59. The number of rotatable bonds is 5. The van der Waals surface area contributed by atoms with Crippen LogP contribution in [0.2, 0.25) is 0 Å². The van der Waals surface area contributed by atoms with Gasteiger partial charge in [-0.3, -0.25) is 10.1 Å². The Morgan fingerprint density at radius 2 is 1.93 bits per heavy atom. The number of thiocarbonyl (C=S) groups is 1. The lowest BCUT2D eigenvalue weighted by Crippen LogP contribution is -2.56. The van der Waals surface area contributed by atoms with Gasteiger partial charge in [0.25, 0.3) is 11.6 Å². The van der Waals surface area contributed by atoms with E-state index in [1.165, 1.54) is 0 Å². The molecule has 2 N–H and O–H groups in total. The summed E-state index contributed by atoms with van der Waals surface area (Å²) >= 11 is 5.07. The molecular weight excluding hydrogens is 372 g/mol. The third-order valence-electron chi connectivity index (χ3n) is 4.81. The maximum Gasteiger partial charge on any atom is 0.282 e. The molecule has 0 saturated carbocycles. The van der Waals surface area contributed by atoms with E-state index in [-0.39, 0.29) is 17.6 Å². The van der Waals surface area contributed by atoms with E-state index in [9.17, 15) is 4.79 Å². The first kappa shape index (κ1) is 18.6. The fourth-order valence-corrected chi connectivity index (χ4v) is 3.87. The van der Waals surface area contributed by atoms with Crippen LogP contribution in [-0.4, -0.2) is 54.6 Å². The topological polar surface area (TPSA) is 87.3 Å². The molecule has 0 bridgehead atoms. The largest absolute Gasteiger partial charge is 0.497 e. The summed E-state index contributed by atoms with van der Waals surface area (Å²) in [5, 5.41) is 5.70. The molecule has 0 radical (unpaired) electrons. The molecule has 1 spiro atoms. The zero-order chi connectivity index (χ0) is 19.2. The molecule has 1 aromatic rings. The van der Waals surface area contributed by atoms with Gasteiger partial charge in [0.1, 0.15) is 24.1 Å². The lowest BCUT2D eigenvalue weighted by atomic mass is 10.0. The van der Waals surface area contributed by atoms with Gasteiger partial charge in [-0.1, -0.05) is 12.1 Å². The SMILES string of the molecule is COc1ccc(COC[C@H]2O[C@]3(NC(=S)NC3=O)[C@@H]3OC(C)(C)O[C@@H]32)cc1. The van der Waals surface area contributed by atoms with Crippen LogP contribution in [-0.2, 0) is 30.3 Å². The summed E-state index contributed by atoms with van der Waals surface area (Å²) in [7, 11) is 1.62. The highest BCUT2D eigenvalue weighted by Crippen LogP contribution is 2.44. The zero-order valence-corrected chi connectivity index (χ0v) is 16.1. The summed E-state index contributed by atoms with van der Waals surface area (Å²) in [4.78, 5) is 12.5.